The molecule has 1 saturated carbocycles. The van der Waals surface area contributed by atoms with Crippen LogP contribution in [0.4, 0.5) is 0 Å². The van der Waals surface area contributed by atoms with Crippen LogP contribution in [-0.2, 0) is 0 Å². The highest BCUT2D eigenvalue weighted by atomic mass is 15.3. The number of nitrogens with two attached hydrogens (primary N) is 1. The van der Waals surface area contributed by atoms with Crippen molar-refractivity contribution in [3.05, 3.63) is 0 Å². The monoisotopic (exact) mass is 293 g/mol. The molecule has 2 aliphatic heterocycles. The summed E-state index contributed by atoms with van der Waals surface area (Å²) in [5.74, 6) is 0.710. The lowest BCUT2D eigenvalue weighted by Crippen LogP contribution is -2.69. The molecule has 1 aliphatic carbocycles. The van der Waals surface area contributed by atoms with Gasteiger partial charge in [-0.15, -0.1) is 0 Å². The molecule has 3 nitrogen and oxygen atoms in total. The molecule has 122 valence electrons. The van der Waals surface area contributed by atoms with E-state index in [0.29, 0.717) is 17.4 Å². The van der Waals surface area contributed by atoms with Gasteiger partial charge < -0.3 is 5.73 Å². The topological polar surface area (TPSA) is 32.5 Å². The molecule has 0 bridgehead atoms. The van der Waals surface area contributed by atoms with Gasteiger partial charge in [0.1, 0.15) is 0 Å². The number of rotatable bonds is 2. The number of hydrogen-bond acceptors (Lipinski definition) is 3. The molecule has 3 fully saturated rings. The molecule has 2 N–H and O–H groups in total. The van der Waals surface area contributed by atoms with Crippen LogP contribution in [-0.4, -0.2) is 53.6 Å². The molecule has 4 atom stereocenters. The van der Waals surface area contributed by atoms with E-state index in [1.54, 1.807) is 0 Å². The lowest BCUT2D eigenvalue weighted by atomic mass is 9.62. The predicted octanol–water partition coefficient (Wildman–Crippen LogP) is 2.70. The van der Waals surface area contributed by atoms with E-state index in [4.69, 9.17) is 5.73 Å². The fraction of sp³-hybridized carbons (Fsp3) is 1.00. The summed E-state index contributed by atoms with van der Waals surface area (Å²) in [6.45, 7) is 14.4. The Morgan fingerprint density at radius 2 is 1.90 bits per heavy atom. The molecule has 2 saturated heterocycles. The third kappa shape index (κ3) is 2.66. The molecule has 0 aromatic carbocycles. The third-order valence-corrected chi connectivity index (χ3v) is 6.87. The lowest BCUT2D eigenvalue weighted by molar-refractivity contribution is -0.0801. The molecule has 0 amide bonds. The quantitative estimate of drug-likeness (QED) is 0.849. The first kappa shape index (κ1) is 15.8. The Bertz CT molecular complexity index is 381. The van der Waals surface area contributed by atoms with E-state index in [-0.39, 0.29) is 5.54 Å². The van der Waals surface area contributed by atoms with E-state index in [0.717, 1.165) is 12.6 Å². The Labute approximate surface area is 131 Å². The maximum atomic E-state index is 6.39. The van der Waals surface area contributed by atoms with Crippen molar-refractivity contribution in [1.29, 1.82) is 0 Å². The molecule has 4 unspecified atom stereocenters. The van der Waals surface area contributed by atoms with Crippen molar-refractivity contribution in [3.63, 3.8) is 0 Å². The maximum absolute atomic E-state index is 6.39. The average molecular weight is 293 g/mol. The van der Waals surface area contributed by atoms with Gasteiger partial charge >= 0.3 is 0 Å². The van der Waals surface area contributed by atoms with Gasteiger partial charge in [0.05, 0.1) is 0 Å². The van der Waals surface area contributed by atoms with E-state index < -0.39 is 0 Å². The van der Waals surface area contributed by atoms with Crippen LogP contribution in [0, 0.1) is 11.3 Å². The summed E-state index contributed by atoms with van der Waals surface area (Å²) in [4.78, 5) is 5.56. The standard InChI is InChI=1S/C18H35N3/c1-14-10-17(3,4)7-8-18(14,13-19)21-12-16-6-5-9-20(16)11-15(21)2/h14-16H,5-13,19H2,1-4H3. The van der Waals surface area contributed by atoms with Crippen molar-refractivity contribution in [2.45, 2.75) is 77.4 Å². The van der Waals surface area contributed by atoms with Crippen LogP contribution in [0.3, 0.4) is 0 Å². The first-order chi connectivity index (χ1) is 9.88. The zero-order valence-electron chi connectivity index (χ0n) is 14.6. The zero-order valence-corrected chi connectivity index (χ0v) is 14.6. The van der Waals surface area contributed by atoms with Crippen molar-refractivity contribution >= 4 is 0 Å². The van der Waals surface area contributed by atoms with Crippen LogP contribution in [0.1, 0.15) is 59.8 Å². The van der Waals surface area contributed by atoms with Crippen molar-refractivity contribution in [2.24, 2.45) is 17.1 Å². The smallest absolute Gasteiger partial charge is 0.0361 e. The van der Waals surface area contributed by atoms with Crippen molar-refractivity contribution < 1.29 is 0 Å². The number of piperazine rings is 1. The van der Waals surface area contributed by atoms with Gasteiger partial charge in [0.15, 0.2) is 0 Å². The Hall–Kier alpha value is -0.120. The number of hydrogen-bond donors (Lipinski definition) is 1. The Morgan fingerprint density at radius 3 is 2.57 bits per heavy atom. The summed E-state index contributed by atoms with van der Waals surface area (Å²) in [7, 11) is 0. The molecule has 0 spiro atoms. The van der Waals surface area contributed by atoms with E-state index in [9.17, 15) is 0 Å². The van der Waals surface area contributed by atoms with Crippen LogP contribution in [0.5, 0.6) is 0 Å². The van der Waals surface area contributed by atoms with Gasteiger partial charge in [0.2, 0.25) is 0 Å². The van der Waals surface area contributed by atoms with E-state index in [1.807, 2.05) is 0 Å². The summed E-state index contributed by atoms with van der Waals surface area (Å²) in [6.07, 6.45) is 6.72. The third-order valence-electron chi connectivity index (χ3n) is 6.87. The minimum Gasteiger partial charge on any atom is -0.329 e. The number of nitrogens with zero attached hydrogens (tertiary/aromatic N) is 2. The van der Waals surface area contributed by atoms with E-state index in [1.165, 1.54) is 51.7 Å². The first-order valence-corrected chi connectivity index (χ1v) is 9.09. The first-order valence-electron chi connectivity index (χ1n) is 9.09. The molecule has 3 heteroatoms. The average Bonchev–Trinajstić information content (AvgIpc) is 2.85. The maximum Gasteiger partial charge on any atom is 0.0361 e. The van der Waals surface area contributed by atoms with Gasteiger partial charge in [0.25, 0.3) is 0 Å². The molecule has 0 aromatic heterocycles. The molecule has 21 heavy (non-hydrogen) atoms. The Balaban J connectivity index is 1.82. The highest BCUT2D eigenvalue weighted by Crippen LogP contribution is 2.47. The van der Waals surface area contributed by atoms with Crippen LogP contribution in [0.2, 0.25) is 0 Å². The Morgan fingerprint density at radius 1 is 1.14 bits per heavy atom. The van der Waals surface area contributed by atoms with Crippen molar-refractivity contribution in [2.75, 3.05) is 26.2 Å². The molecule has 0 radical (unpaired) electrons. The molecule has 3 aliphatic rings. The minimum atomic E-state index is 0.254. The summed E-state index contributed by atoms with van der Waals surface area (Å²) in [5, 5.41) is 0. The van der Waals surface area contributed by atoms with Crippen molar-refractivity contribution in [3.8, 4) is 0 Å². The van der Waals surface area contributed by atoms with Crippen LogP contribution < -0.4 is 5.73 Å². The summed E-state index contributed by atoms with van der Waals surface area (Å²) < 4.78 is 0. The van der Waals surface area contributed by atoms with E-state index in [2.05, 4.69) is 37.5 Å². The second-order valence-corrected chi connectivity index (χ2v) is 8.87. The molecule has 2 heterocycles. The zero-order chi connectivity index (χ0) is 15.3. The minimum absolute atomic E-state index is 0.254. The summed E-state index contributed by atoms with van der Waals surface area (Å²) in [5.41, 5.74) is 7.14. The largest absolute Gasteiger partial charge is 0.329 e. The van der Waals surface area contributed by atoms with Gasteiger partial charge in [-0.25, -0.2) is 0 Å². The van der Waals surface area contributed by atoms with E-state index >= 15 is 0 Å². The summed E-state index contributed by atoms with van der Waals surface area (Å²) >= 11 is 0. The normalized spacial score (nSPS) is 44.7. The SMILES string of the molecule is CC1CN2CCCC2CN1C1(CN)CCC(C)(C)CC1C. The fourth-order valence-electron chi connectivity index (χ4n) is 5.58. The second kappa shape index (κ2) is 5.50. The molecule has 0 aromatic rings. The predicted molar refractivity (Wildman–Crippen MR) is 89.3 cm³/mol. The fourth-order valence-corrected chi connectivity index (χ4v) is 5.58. The van der Waals surface area contributed by atoms with Gasteiger partial charge in [0, 0.05) is 37.3 Å². The molecular weight excluding hydrogens is 258 g/mol. The van der Waals surface area contributed by atoms with Crippen LogP contribution in [0.25, 0.3) is 0 Å². The second-order valence-electron chi connectivity index (χ2n) is 8.87. The van der Waals surface area contributed by atoms with Gasteiger partial charge in [-0.3, -0.25) is 9.80 Å². The van der Waals surface area contributed by atoms with Gasteiger partial charge in [-0.05, 0) is 56.9 Å². The van der Waals surface area contributed by atoms with Crippen LogP contribution >= 0.6 is 0 Å². The van der Waals surface area contributed by atoms with Gasteiger partial charge in [-0.1, -0.05) is 20.8 Å². The van der Waals surface area contributed by atoms with Gasteiger partial charge in [-0.2, -0.15) is 0 Å². The summed E-state index contributed by atoms with van der Waals surface area (Å²) in [6, 6.07) is 1.46. The number of fused-ring (bicyclic) bond motifs is 1. The highest BCUT2D eigenvalue weighted by Gasteiger charge is 2.50. The van der Waals surface area contributed by atoms with Crippen molar-refractivity contribution in [1.82, 2.24) is 9.80 Å². The highest BCUT2D eigenvalue weighted by molar-refractivity contribution is 5.06. The van der Waals surface area contributed by atoms with Crippen LogP contribution in [0.15, 0.2) is 0 Å². The lowest BCUT2D eigenvalue weighted by Gasteiger charge is -2.58. The Kier molecular flexibility index (Phi) is 4.13. The molecule has 3 rings (SSSR count). The molecular formula is C18H35N3.